The molecule has 5 nitrogen and oxygen atoms in total. The third-order valence-electron chi connectivity index (χ3n) is 3.22. The van der Waals surface area contributed by atoms with E-state index in [4.69, 9.17) is 32.7 Å². The highest BCUT2D eigenvalue weighted by Gasteiger charge is 2.16. The molecule has 0 bridgehead atoms. The second kappa shape index (κ2) is 5.88. The fourth-order valence-corrected chi connectivity index (χ4v) is 3.18. The zero-order valence-corrected chi connectivity index (χ0v) is 13.9. The molecule has 0 saturated carbocycles. The van der Waals surface area contributed by atoms with E-state index < -0.39 is 0 Å². The molecule has 3 aromatic rings. The monoisotopic (exact) mass is 365 g/mol. The van der Waals surface area contributed by atoms with E-state index in [1.165, 1.54) is 11.3 Å². The summed E-state index contributed by atoms with van der Waals surface area (Å²) in [5.74, 6) is 1.46. The van der Waals surface area contributed by atoms with Gasteiger partial charge >= 0.3 is 0 Å². The fraction of sp³-hybridized carbons (Fsp3) is 0.0667. The fourth-order valence-electron chi connectivity index (χ4n) is 2.12. The van der Waals surface area contributed by atoms with E-state index in [0.717, 1.165) is 27.8 Å². The van der Waals surface area contributed by atoms with E-state index in [9.17, 15) is 0 Å². The molecule has 0 fully saturated rings. The molecule has 0 radical (unpaired) electrons. The van der Waals surface area contributed by atoms with Crippen LogP contribution in [0.15, 0.2) is 36.4 Å². The van der Waals surface area contributed by atoms with Crippen LogP contribution in [0.4, 0.5) is 10.8 Å². The number of anilines is 2. The van der Waals surface area contributed by atoms with Gasteiger partial charge in [0.25, 0.3) is 0 Å². The Labute approximate surface area is 145 Å². The lowest BCUT2D eigenvalue weighted by molar-refractivity contribution is 0.174. The van der Waals surface area contributed by atoms with Gasteiger partial charge in [-0.2, -0.15) is 0 Å². The van der Waals surface area contributed by atoms with Gasteiger partial charge in [-0.05, 0) is 36.4 Å². The van der Waals surface area contributed by atoms with Crippen molar-refractivity contribution in [3.63, 3.8) is 0 Å². The lowest BCUT2D eigenvalue weighted by atomic mass is 10.2. The van der Waals surface area contributed by atoms with Crippen molar-refractivity contribution < 1.29 is 9.47 Å². The average Bonchev–Trinajstić information content (AvgIpc) is 3.19. The van der Waals surface area contributed by atoms with E-state index >= 15 is 0 Å². The molecule has 1 aliphatic heterocycles. The first-order valence-corrected chi connectivity index (χ1v) is 8.22. The molecule has 2 aromatic carbocycles. The maximum absolute atomic E-state index is 6.00. The molecule has 0 saturated heterocycles. The van der Waals surface area contributed by atoms with Gasteiger partial charge in [0.1, 0.15) is 5.01 Å². The smallest absolute Gasteiger partial charge is 0.231 e. The predicted octanol–water partition coefficient (Wildman–Crippen LogP) is 4.98. The molecule has 1 aromatic heterocycles. The van der Waals surface area contributed by atoms with Crippen molar-refractivity contribution in [2.75, 3.05) is 12.1 Å². The quantitative estimate of drug-likeness (QED) is 0.708. The van der Waals surface area contributed by atoms with Crippen molar-refractivity contribution in [2.45, 2.75) is 0 Å². The molecule has 0 aliphatic carbocycles. The summed E-state index contributed by atoms with van der Waals surface area (Å²) < 4.78 is 10.7. The van der Waals surface area contributed by atoms with Gasteiger partial charge in [0.05, 0.1) is 10.0 Å². The summed E-state index contributed by atoms with van der Waals surface area (Å²) in [5.41, 5.74) is 1.72. The van der Waals surface area contributed by atoms with Crippen LogP contribution in [-0.2, 0) is 0 Å². The normalized spacial score (nSPS) is 12.4. The Balaban J connectivity index is 1.58. The van der Waals surface area contributed by atoms with Crippen molar-refractivity contribution in [3.05, 3.63) is 46.4 Å². The number of hydrogen-bond acceptors (Lipinski definition) is 6. The zero-order valence-electron chi connectivity index (χ0n) is 11.5. The highest BCUT2D eigenvalue weighted by atomic mass is 35.5. The Morgan fingerprint density at radius 1 is 0.957 bits per heavy atom. The van der Waals surface area contributed by atoms with E-state index in [-0.39, 0.29) is 6.79 Å². The molecule has 1 N–H and O–H groups in total. The Morgan fingerprint density at radius 3 is 2.70 bits per heavy atom. The van der Waals surface area contributed by atoms with Gasteiger partial charge in [0.15, 0.2) is 11.5 Å². The number of ether oxygens (including phenoxy) is 2. The Hall–Kier alpha value is -2.02. The SMILES string of the molecule is Clc1ccc(Nc2nnc(-c3ccc4c(c3)OCO4)s2)cc1Cl. The van der Waals surface area contributed by atoms with Crippen LogP contribution in [0.25, 0.3) is 10.6 Å². The van der Waals surface area contributed by atoms with Crippen LogP contribution in [0.3, 0.4) is 0 Å². The Kier molecular flexibility index (Phi) is 3.72. The van der Waals surface area contributed by atoms with Crippen molar-refractivity contribution in [1.82, 2.24) is 10.2 Å². The number of nitrogens with one attached hydrogen (secondary N) is 1. The molecule has 0 spiro atoms. The summed E-state index contributed by atoms with van der Waals surface area (Å²) >= 11 is 13.3. The van der Waals surface area contributed by atoms with Crippen LogP contribution in [0.1, 0.15) is 0 Å². The second-order valence-corrected chi connectivity index (χ2v) is 6.53. The molecule has 8 heteroatoms. The van der Waals surface area contributed by atoms with Crippen LogP contribution >= 0.6 is 34.5 Å². The van der Waals surface area contributed by atoms with Gasteiger partial charge in [-0.25, -0.2) is 0 Å². The summed E-state index contributed by atoms with van der Waals surface area (Å²) in [5, 5.41) is 13.9. The number of hydrogen-bond donors (Lipinski definition) is 1. The third-order valence-corrected chi connectivity index (χ3v) is 4.84. The molecule has 2 heterocycles. The van der Waals surface area contributed by atoms with Crippen LogP contribution in [-0.4, -0.2) is 17.0 Å². The maximum atomic E-state index is 6.00. The van der Waals surface area contributed by atoms with Gasteiger partial charge < -0.3 is 14.8 Å². The Morgan fingerprint density at radius 2 is 1.83 bits per heavy atom. The van der Waals surface area contributed by atoms with E-state index in [0.29, 0.717) is 15.2 Å². The zero-order chi connectivity index (χ0) is 15.8. The minimum atomic E-state index is 0.249. The van der Waals surface area contributed by atoms with Crippen LogP contribution < -0.4 is 14.8 Å². The number of aromatic nitrogens is 2. The highest BCUT2D eigenvalue weighted by molar-refractivity contribution is 7.18. The van der Waals surface area contributed by atoms with Crippen molar-refractivity contribution in [3.8, 4) is 22.1 Å². The highest BCUT2D eigenvalue weighted by Crippen LogP contribution is 2.37. The second-order valence-electron chi connectivity index (χ2n) is 4.73. The minimum Gasteiger partial charge on any atom is -0.454 e. The molecular formula is C15H9Cl2N3O2S. The lowest BCUT2D eigenvalue weighted by Gasteiger charge is -2.03. The first-order chi connectivity index (χ1) is 11.2. The first-order valence-electron chi connectivity index (χ1n) is 6.65. The lowest BCUT2D eigenvalue weighted by Crippen LogP contribution is -1.92. The van der Waals surface area contributed by atoms with Crippen LogP contribution in [0.5, 0.6) is 11.5 Å². The number of fused-ring (bicyclic) bond motifs is 1. The predicted molar refractivity (Wildman–Crippen MR) is 91.2 cm³/mol. The number of halogens is 2. The minimum absolute atomic E-state index is 0.249. The molecule has 0 unspecified atom stereocenters. The first kappa shape index (κ1) is 14.6. The molecule has 0 amide bonds. The molecule has 23 heavy (non-hydrogen) atoms. The number of nitrogens with zero attached hydrogens (tertiary/aromatic N) is 2. The van der Waals surface area contributed by atoms with E-state index in [2.05, 4.69) is 15.5 Å². The summed E-state index contributed by atoms with van der Waals surface area (Å²) in [7, 11) is 0. The van der Waals surface area contributed by atoms with Gasteiger partial charge in [-0.15, -0.1) is 10.2 Å². The molecule has 0 atom stereocenters. The molecule has 4 rings (SSSR count). The van der Waals surface area contributed by atoms with Gasteiger partial charge in [-0.3, -0.25) is 0 Å². The van der Waals surface area contributed by atoms with Crippen LogP contribution in [0, 0.1) is 0 Å². The van der Waals surface area contributed by atoms with Crippen molar-refractivity contribution >= 4 is 45.4 Å². The molecular weight excluding hydrogens is 357 g/mol. The summed E-state index contributed by atoms with van der Waals surface area (Å²) in [4.78, 5) is 0. The summed E-state index contributed by atoms with van der Waals surface area (Å²) in [6.45, 7) is 0.249. The summed E-state index contributed by atoms with van der Waals surface area (Å²) in [6.07, 6.45) is 0. The van der Waals surface area contributed by atoms with Crippen LogP contribution in [0.2, 0.25) is 10.0 Å². The molecule has 1 aliphatic rings. The number of rotatable bonds is 3. The third kappa shape index (κ3) is 2.93. The Bertz CT molecular complexity index is 885. The maximum Gasteiger partial charge on any atom is 0.231 e. The largest absolute Gasteiger partial charge is 0.454 e. The molecule has 116 valence electrons. The van der Waals surface area contributed by atoms with Gasteiger partial charge in [-0.1, -0.05) is 34.5 Å². The van der Waals surface area contributed by atoms with Gasteiger partial charge in [0.2, 0.25) is 11.9 Å². The van der Waals surface area contributed by atoms with Crippen molar-refractivity contribution in [1.29, 1.82) is 0 Å². The van der Waals surface area contributed by atoms with Crippen molar-refractivity contribution in [2.24, 2.45) is 0 Å². The van der Waals surface area contributed by atoms with E-state index in [1.54, 1.807) is 12.1 Å². The van der Waals surface area contributed by atoms with Gasteiger partial charge in [0, 0.05) is 11.3 Å². The number of benzene rings is 2. The standard InChI is InChI=1S/C15H9Cl2N3O2S/c16-10-3-2-9(6-11(10)17)18-15-20-19-14(23-15)8-1-4-12-13(5-8)22-7-21-12/h1-6H,7H2,(H,18,20). The van der Waals surface area contributed by atoms with E-state index in [1.807, 2.05) is 24.3 Å². The summed E-state index contributed by atoms with van der Waals surface area (Å²) in [6, 6.07) is 11.0. The topological polar surface area (TPSA) is 56.3 Å². The average molecular weight is 366 g/mol.